The number of hydrogen-bond donors (Lipinski definition) is 2. The number of anilines is 2. The van der Waals surface area contributed by atoms with Crippen molar-refractivity contribution in [3.8, 4) is 0 Å². The summed E-state index contributed by atoms with van der Waals surface area (Å²) in [5.41, 5.74) is 4.84. The van der Waals surface area contributed by atoms with Crippen LogP contribution in [0, 0.1) is 6.92 Å². The molecule has 7 heteroatoms. The number of benzene rings is 2. The first-order valence-corrected chi connectivity index (χ1v) is 11.2. The van der Waals surface area contributed by atoms with Crippen molar-refractivity contribution >= 4 is 40.2 Å². The maximum Gasteiger partial charge on any atom is 0.323 e. The van der Waals surface area contributed by atoms with Crippen molar-refractivity contribution < 1.29 is 4.79 Å². The Hall–Kier alpha value is -3.38. The predicted molar refractivity (Wildman–Crippen MR) is 131 cm³/mol. The van der Waals surface area contributed by atoms with Crippen molar-refractivity contribution in [1.29, 1.82) is 0 Å². The fraction of sp³-hybridized carbons (Fsp3) is 0.240. The molecule has 0 saturated heterocycles. The van der Waals surface area contributed by atoms with Crippen molar-refractivity contribution in [3.05, 3.63) is 82.8 Å². The van der Waals surface area contributed by atoms with Crippen molar-refractivity contribution in [2.75, 3.05) is 10.6 Å². The summed E-state index contributed by atoms with van der Waals surface area (Å²) >= 11 is 5.91. The monoisotopic (exact) mass is 447 g/mol. The van der Waals surface area contributed by atoms with Crippen LogP contribution in [-0.2, 0) is 13.0 Å². The van der Waals surface area contributed by atoms with Gasteiger partial charge in [-0.3, -0.25) is 0 Å². The van der Waals surface area contributed by atoms with Gasteiger partial charge in [-0.25, -0.2) is 14.8 Å². The van der Waals surface area contributed by atoms with Gasteiger partial charge in [-0.05, 0) is 49.2 Å². The largest absolute Gasteiger partial charge is 0.323 e. The molecule has 2 N–H and O–H groups in total. The van der Waals surface area contributed by atoms with E-state index in [0.717, 1.165) is 41.9 Å². The van der Waals surface area contributed by atoms with E-state index in [-0.39, 0.29) is 6.03 Å². The number of carbonyl (C=O) groups excluding carboxylic acids is 1. The third-order valence-corrected chi connectivity index (χ3v) is 5.53. The Morgan fingerprint density at radius 3 is 2.50 bits per heavy atom. The fourth-order valence-corrected chi connectivity index (χ4v) is 3.71. The second kappa shape index (κ2) is 9.83. The van der Waals surface area contributed by atoms with Crippen LogP contribution in [0.25, 0.3) is 11.2 Å². The molecule has 0 fully saturated rings. The summed E-state index contributed by atoms with van der Waals surface area (Å²) in [5, 5.41) is 6.32. The number of amides is 2. The Bertz CT molecular complexity index is 1220. The number of hydrogen-bond acceptors (Lipinski definition) is 3. The number of carbonyl (C=O) groups is 1. The summed E-state index contributed by atoms with van der Waals surface area (Å²) < 4.78 is 2.19. The highest BCUT2D eigenvalue weighted by atomic mass is 35.5. The Labute approximate surface area is 192 Å². The van der Waals surface area contributed by atoms with E-state index in [2.05, 4.69) is 34.3 Å². The van der Waals surface area contributed by atoms with Gasteiger partial charge in [0, 0.05) is 17.1 Å². The summed E-state index contributed by atoms with van der Waals surface area (Å²) in [6.07, 6.45) is 3.04. The molecule has 0 saturated carbocycles. The van der Waals surface area contributed by atoms with Gasteiger partial charge in [0.15, 0.2) is 5.65 Å². The van der Waals surface area contributed by atoms with Gasteiger partial charge in [0.25, 0.3) is 0 Å². The molecule has 0 radical (unpaired) electrons. The quantitative estimate of drug-likeness (QED) is 0.343. The molecule has 32 heavy (non-hydrogen) atoms. The number of urea groups is 1. The second-order valence-electron chi connectivity index (χ2n) is 7.75. The molecule has 0 aliphatic rings. The number of aryl methyl sites for hydroxylation is 2. The van der Waals surface area contributed by atoms with Gasteiger partial charge in [-0.15, -0.1) is 0 Å². The summed E-state index contributed by atoms with van der Waals surface area (Å²) in [6.45, 7) is 4.78. The van der Waals surface area contributed by atoms with E-state index in [1.165, 1.54) is 5.56 Å². The third kappa shape index (κ3) is 5.08. The maximum absolute atomic E-state index is 12.5. The molecular weight excluding hydrogens is 422 g/mol. The first-order chi connectivity index (χ1) is 15.5. The summed E-state index contributed by atoms with van der Waals surface area (Å²) in [7, 11) is 0. The highest BCUT2D eigenvalue weighted by Gasteiger charge is 2.16. The lowest BCUT2D eigenvalue weighted by Gasteiger charge is -2.11. The first-order valence-electron chi connectivity index (χ1n) is 10.8. The van der Waals surface area contributed by atoms with Gasteiger partial charge in [0.05, 0.1) is 17.9 Å². The lowest BCUT2D eigenvalue weighted by Crippen LogP contribution is -2.20. The number of halogens is 1. The highest BCUT2D eigenvalue weighted by molar-refractivity contribution is 6.30. The van der Waals surface area contributed by atoms with Crippen molar-refractivity contribution in [2.45, 2.75) is 39.7 Å². The van der Waals surface area contributed by atoms with Gasteiger partial charge < -0.3 is 15.2 Å². The lowest BCUT2D eigenvalue weighted by atomic mass is 10.2. The minimum atomic E-state index is -0.341. The Kier molecular flexibility index (Phi) is 6.71. The van der Waals surface area contributed by atoms with Crippen molar-refractivity contribution in [2.24, 2.45) is 0 Å². The standard InChI is InChI=1S/C25H26ClN5O/c1-3-4-10-23-29-22-15-21(30-25(32)28-20-13-11-19(26)12-14-20)17(2)27-24(22)31(23)16-18-8-6-5-7-9-18/h5-9,11-15H,3-4,10,16H2,1-2H3,(H2,28,30,32). The molecule has 0 unspecified atom stereocenters. The molecule has 164 valence electrons. The Morgan fingerprint density at radius 2 is 1.78 bits per heavy atom. The molecule has 0 aliphatic heterocycles. The SMILES string of the molecule is CCCCc1nc2cc(NC(=O)Nc3ccc(Cl)cc3)c(C)nc2n1Cc1ccccc1. The van der Waals surface area contributed by atoms with Gasteiger partial charge in [-0.1, -0.05) is 55.3 Å². The summed E-state index contributed by atoms with van der Waals surface area (Å²) in [4.78, 5) is 22.2. The minimum absolute atomic E-state index is 0.341. The molecule has 0 bridgehead atoms. The van der Waals surface area contributed by atoms with E-state index in [1.807, 2.05) is 31.2 Å². The predicted octanol–water partition coefficient (Wildman–Crippen LogP) is 6.43. The van der Waals surface area contributed by atoms with Crippen molar-refractivity contribution in [3.63, 3.8) is 0 Å². The van der Waals surface area contributed by atoms with Gasteiger partial charge in [-0.2, -0.15) is 0 Å². The van der Waals surface area contributed by atoms with Gasteiger partial charge in [0.2, 0.25) is 0 Å². The number of nitrogens with one attached hydrogen (secondary N) is 2. The van der Waals surface area contributed by atoms with Crippen molar-refractivity contribution in [1.82, 2.24) is 14.5 Å². The number of rotatable bonds is 7. The zero-order valence-electron chi connectivity index (χ0n) is 18.2. The van der Waals surface area contributed by atoms with E-state index in [1.54, 1.807) is 24.3 Å². The molecule has 4 rings (SSSR count). The smallest absolute Gasteiger partial charge is 0.308 e. The number of imidazole rings is 1. The van der Waals surface area contributed by atoms with Crippen LogP contribution in [0.15, 0.2) is 60.7 Å². The third-order valence-electron chi connectivity index (χ3n) is 5.28. The van der Waals surface area contributed by atoms with Crippen LogP contribution in [0.5, 0.6) is 0 Å². The number of aromatic nitrogens is 3. The zero-order valence-corrected chi connectivity index (χ0v) is 19.0. The van der Waals surface area contributed by atoms with E-state index in [9.17, 15) is 4.79 Å². The van der Waals surface area contributed by atoms with Gasteiger partial charge in [0.1, 0.15) is 11.3 Å². The van der Waals surface area contributed by atoms with Crippen LogP contribution in [0.3, 0.4) is 0 Å². The van der Waals surface area contributed by atoms with Crippen LogP contribution in [0.1, 0.15) is 36.8 Å². The first kappa shape index (κ1) is 21.8. The van der Waals surface area contributed by atoms with Crippen LogP contribution in [0.4, 0.5) is 16.2 Å². The molecule has 0 atom stereocenters. The molecule has 0 aliphatic carbocycles. The fourth-order valence-electron chi connectivity index (χ4n) is 3.59. The normalized spacial score (nSPS) is 11.0. The summed E-state index contributed by atoms with van der Waals surface area (Å²) in [6, 6.07) is 18.8. The van der Waals surface area contributed by atoms with E-state index in [4.69, 9.17) is 21.6 Å². The van der Waals surface area contributed by atoms with Crippen LogP contribution in [0.2, 0.25) is 5.02 Å². The molecule has 6 nitrogen and oxygen atoms in total. The number of fused-ring (bicyclic) bond motifs is 1. The second-order valence-corrected chi connectivity index (χ2v) is 8.19. The van der Waals surface area contributed by atoms with Gasteiger partial charge >= 0.3 is 6.03 Å². The minimum Gasteiger partial charge on any atom is -0.308 e. The van der Waals surface area contributed by atoms with Crippen LogP contribution < -0.4 is 10.6 Å². The van der Waals surface area contributed by atoms with E-state index >= 15 is 0 Å². The average molecular weight is 448 g/mol. The Morgan fingerprint density at radius 1 is 1.03 bits per heavy atom. The molecule has 4 aromatic rings. The highest BCUT2D eigenvalue weighted by Crippen LogP contribution is 2.24. The number of pyridine rings is 1. The lowest BCUT2D eigenvalue weighted by molar-refractivity contribution is 0.262. The van der Waals surface area contributed by atoms with E-state index < -0.39 is 0 Å². The van der Waals surface area contributed by atoms with E-state index in [0.29, 0.717) is 22.9 Å². The van der Waals surface area contributed by atoms with Crippen LogP contribution >= 0.6 is 11.6 Å². The van der Waals surface area contributed by atoms with Crippen LogP contribution in [-0.4, -0.2) is 20.6 Å². The topological polar surface area (TPSA) is 71.8 Å². The molecule has 2 heterocycles. The number of unbranched alkanes of at least 4 members (excludes halogenated alkanes) is 1. The zero-order chi connectivity index (χ0) is 22.5. The average Bonchev–Trinajstić information content (AvgIpc) is 3.11. The Balaban J connectivity index is 1.61. The molecular formula is C25H26ClN5O. The molecule has 0 spiro atoms. The molecule has 2 aromatic heterocycles. The number of nitrogens with zero attached hydrogens (tertiary/aromatic N) is 3. The summed E-state index contributed by atoms with van der Waals surface area (Å²) in [5.74, 6) is 1.01. The molecule has 2 amide bonds. The maximum atomic E-state index is 12.5. The molecule has 2 aromatic carbocycles.